The number of aliphatic hydroxyl groups is 1. The van der Waals surface area contributed by atoms with E-state index in [1.165, 1.54) is 0 Å². The van der Waals surface area contributed by atoms with Crippen LogP contribution in [0.3, 0.4) is 0 Å². The van der Waals surface area contributed by atoms with E-state index in [1.54, 1.807) is 6.20 Å². The molecule has 0 fully saturated rings. The maximum Gasteiger partial charge on any atom is 0.140 e. The molecule has 2 aromatic carbocycles. The highest BCUT2D eigenvalue weighted by atomic mass is 35.5. The van der Waals surface area contributed by atoms with Gasteiger partial charge in [-0.15, -0.1) is 0 Å². The van der Waals surface area contributed by atoms with Crippen LogP contribution in [0.4, 0.5) is 0 Å². The topological polar surface area (TPSA) is 50.9 Å². The van der Waals surface area contributed by atoms with Crippen LogP contribution in [-0.2, 0) is 6.61 Å². The zero-order valence-electron chi connectivity index (χ0n) is 11.6. The summed E-state index contributed by atoms with van der Waals surface area (Å²) in [5.74, 6) is 0.579. The number of fused-ring (bicyclic) bond motifs is 3. The molecule has 0 aliphatic rings. The second-order valence-corrected chi connectivity index (χ2v) is 5.44. The van der Waals surface area contributed by atoms with E-state index in [1.807, 2.05) is 53.1 Å². The van der Waals surface area contributed by atoms with E-state index in [0.29, 0.717) is 10.8 Å². The van der Waals surface area contributed by atoms with Gasteiger partial charge in [-0.05, 0) is 30.3 Å². The average molecular weight is 310 g/mol. The lowest BCUT2D eigenvalue weighted by Crippen LogP contribution is -2.01. The third kappa shape index (κ3) is 1.96. The predicted molar refractivity (Wildman–Crippen MR) is 87.3 cm³/mol. The first-order valence-corrected chi connectivity index (χ1v) is 7.27. The molecule has 0 saturated heterocycles. The van der Waals surface area contributed by atoms with Crippen molar-refractivity contribution in [1.82, 2.24) is 14.5 Å². The number of halogens is 1. The van der Waals surface area contributed by atoms with Crippen molar-refractivity contribution in [3.63, 3.8) is 0 Å². The number of imidazole rings is 1. The van der Waals surface area contributed by atoms with Gasteiger partial charge in [-0.2, -0.15) is 0 Å². The van der Waals surface area contributed by atoms with Gasteiger partial charge < -0.3 is 5.11 Å². The molecule has 22 heavy (non-hydrogen) atoms. The van der Waals surface area contributed by atoms with Crippen LogP contribution in [0.25, 0.3) is 27.6 Å². The number of nitrogens with zero attached hydrogens (tertiary/aromatic N) is 3. The lowest BCUT2D eigenvalue weighted by Gasteiger charge is -2.09. The zero-order valence-corrected chi connectivity index (χ0v) is 12.3. The van der Waals surface area contributed by atoms with E-state index in [-0.39, 0.29) is 6.61 Å². The number of hydrogen-bond acceptors (Lipinski definition) is 3. The van der Waals surface area contributed by atoms with Crippen LogP contribution in [-0.4, -0.2) is 19.6 Å². The van der Waals surface area contributed by atoms with Crippen molar-refractivity contribution < 1.29 is 5.11 Å². The van der Waals surface area contributed by atoms with Crippen molar-refractivity contribution in [2.45, 2.75) is 6.61 Å². The minimum absolute atomic E-state index is 0.147. The van der Waals surface area contributed by atoms with Crippen molar-refractivity contribution in [2.75, 3.05) is 0 Å². The van der Waals surface area contributed by atoms with Crippen LogP contribution >= 0.6 is 11.6 Å². The minimum Gasteiger partial charge on any atom is -0.388 e. The Morgan fingerprint density at radius 2 is 1.77 bits per heavy atom. The Labute approximate surface area is 131 Å². The van der Waals surface area contributed by atoms with Gasteiger partial charge in [-0.25, -0.2) is 4.98 Å². The zero-order chi connectivity index (χ0) is 15.1. The van der Waals surface area contributed by atoms with Gasteiger partial charge in [0.1, 0.15) is 17.9 Å². The number of para-hydroxylation sites is 1. The molecule has 0 bridgehead atoms. The Kier molecular flexibility index (Phi) is 3.06. The molecule has 0 amide bonds. The number of benzene rings is 2. The van der Waals surface area contributed by atoms with E-state index in [9.17, 15) is 5.11 Å². The molecule has 4 rings (SSSR count). The molecule has 5 heteroatoms. The smallest absolute Gasteiger partial charge is 0.140 e. The second kappa shape index (κ2) is 5.09. The largest absolute Gasteiger partial charge is 0.388 e. The number of rotatable bonds is 2. The quantitative estimate of drug-likeness (QED) is 0.614. The highest BCUT2D eigenvalue weighted by Gasteiger charge is 2.14. The maximum atomic E-state index is 9.68. The summed E-state index contributed by atoms with van der Waals surface area (Å²) in [5.41, 5.74) is 3.51. The monoisotopic (exact) mass is 309 g/mol. The molecule has 0 saturated carbocycles. The van der Waals surface area contributed by atoms with Gasteiger partial charge in [-0.1, -0.05) is 29.8 Å². The average Bonchev–Trinajstić information content (AvgIpc) is 2.94. The molecular weight excluding hydrogens is 298 g/mol. The predicted octanol–water partition coefficient (Wildman–Crippen LogP) is 3.72. The van der Waals surface area contributed by atoms with Gasteiger partial charge in [0.15, 0.2) is 0 Å². The first kappa shape index (κ1) is 13.2. The van der Waals surface area contributed by atoms with Gasteiger partial charge in [0.05, 0.1) is 17.2 Å². The van der Waals surface area contributed by atoms with Crippen LogP contribution in [0.2, 0.25) is 5.02 Å². The molecule has 0 aliphatic heterocycles. The summed E-state index contributed by atoms with van der Waals surface area (Å²) >= 11 is 5.98. The molecule has 108 valence electrons. The van der Waals surface area contributed by atoms with Crippen LogP contribution in [0, 0.1) is 0 Å². The van der Waals surface area contributed by atoms with Crippen molar-refractivity contribution in [3.05, 3.63) is 65.6 Å². The SMILES string of the molecule is OCc1nc2cnc3ccccc3c2n1-c1ccc(Cl)cc1. The van der Waals surface area contributed by atoms with Crippen molar-refractivity contribution >= 4 is 33.5 Å². The summed E-state index contributed by atoms with van der Waals surface area (Å²) in [4.78, 5) is 8.92. The van der Waals surface area contributed by atoms with E-state index in [4.69, 9.17) is 11.6 Å². The molecule has 0 unspecified atom stereocenters. The summed E-state index contributed by atoms with van der Waals surface area (Å²) in [6.07, 6.45) is 1.74. The first-order chi connectivity index (χ1) is 10.8. The number of hydrogen-bond donors (Lipinski definition) is 1. The van der Waals surface area contributed by atoms with Crippen molar-refractivity contribution in [2.24, 2.45) is 0 Å². The van der Waals surface area contributed by atoms with E-state index >= 15 is 0 Å². The third-order valence-corrected chi connectivity index (χ3v) is 3.94. The lowest BCUT2D eigenvalue weighted by atomic mass is 10.2. The second-order valence-electron chi connectivity index (χ2n) is 5.01. The molecule has 4 nitrogen and oxygen atoms in total. The normalized spacial score (nSPS) is 11.4. The number of aliphatic hydroxyl groups excluding tert-OH is 1. The number of pyridine rings is 1. The van der Waals surface area contributed by atoms with Gasteiger partial charge in [-0.3, -0.25) is 9.55 Å². The standard InChI is InChI=1S/C17H12ClN3O/c18-11-5-7-12(8-6-11)21-16(10-22)20-15-9-19-14-4-2-1-3-13(14)17(15)21/h1-9,22H,10H2. The molecule has 4 aromatic rings. The Bertz CT molecular complexity index is 976. The van der Waals surface area contributed by atoms with E-state index < -0.39 is 0 Å². The molecule has 0 spiro atoms. The fourth-order valence-corrected chi connectivity index (χ4v) is 2.85. The third-order valence-electron chi connectivity index (χ3n) is 3.69. The van der Waals surface area contributed by atoms with E-state index in [0.717, 1.165) is 27.6 Å². The summed E-state index contributed by atoms with van der Waals surface area (Å²) in [6, 6.07) is 15.4. The molecule has 0 atom stereocenters. The highest BCUT2D eigenvalue weighted by Crippen LogP contribution is 2.28. The summed E-state index contributed by atoms with van der Waals surface area (Å²) in [6.45, 7) is -0.147. The molecule has 1 N–H and O–H groups in total. The molecule has 2 heterocycles. The molecule has 2 aromatic heterocycles. The fourth-order valence-electron chi connectivity index (χ4n) is 2.73. The van der Waals surface area contributed by atoms with Crippen LogP contribution < -0.4 is 0 Å². The summed E-state index contributed by atoms with van der Waals surface area (Å²) < 4.78 is 1.95. The Morgan fingerprint density at radius 3 is 2.55 bits per heavy atom. The van der Waals surface area contributed by atoms with Gasteiger partial charge >= 0.3 is 0 Å². The number of aromatic nitrogens is 3. The van der Waals surface area contributed by atoms with Gasteiger partial charge in [0.2, 0.25) is 0 Å². The Balaban J connectivity index is 2.14. The van der Waals surface area contributed by atoms with Crippen LogP contribution in [0.1, 0.15) is 5.82 Å². The molecular formula is C17H12ClN3O. The van der Waals surface area contributed by atoms with Crippen molar-refractivity contribution in [3.8, 4) is 5.69 Å². The minimum atomic E-state index is -0.147. The first-order valence-electron chi connectivity index (χ1n) is 6.90. The highest BCUT2D eigenvalue weighted by molar-refractivity contribution is 6.30. The van der Waals surface area contributed by atoms with Crippen LogP contribution in [0.5, 0.6) is 0 Å². The maximum absolute atomic E-state index is 9.68. The molecule has 0 radical (unpaired) electrons. The Morgan fingerprint density at radius 1 is 1.00 bits per heavy atom. The van der Waals surface area contributed by atoms with Crippen molar-refractivity contribution in [1.29, 1.82) is 0 Å². The fraction of sp³-hybridized carbons (Fsp3) is 0.0588. The van der Waals surface area contributed by atoms with Gasteiger partial charge in [0, 0.05) is 16.1 Å². The van der Waals surface area contributed by atoms with Gasteiger partial charge in [0.25, 0.3) is 0 Å². The van der Waals surface area contributed by atoms with Crippen LogP contribution in [0.15, 0.2) is 54.7 Å². The summed E-state index contributed by atoms with van der Waals surface area (Å²) in [7, 11) is 0. The molecule has 0 aliphatic carbocycles. The lowest BCUT2D eigenvalue weighted by molar-refractivity contribution is 0.270. The summed E-state index contributed by atoms with van der Waals surface area (Å²) in [5, 5.41) is 11.4. The Hall–Kier alpha value is -2.43. The van der Waals surface area contributed by atoms with E-state index in [2.05, 4.69) is 9.97 Å².